The molecule has 0 fully saturated rings. The van der Waals surface area contributed by atoms with Crippen molar-refractivity contribution >= 4 is 27.4 Å². The van der Waals surface area contributed by atoms with Crippen molar-refractivity contribution in [3.05, 3.63) is 63.9 Å². The normalized spacial score (nSPS) is 10.3. The van der Waals surface area contributed by atoms with Gasteiger partial charge < -0.3 is 5.73 Å². The van der Waals surface area contributed by atoms with Crippen LogP contribution in [0.1, 0.15) is 15.9 Å². The number of benzene rings is 2. The van der Waals surface area contributed by atoms with E-state index >= 15 is 0 Å². The second-order valence-corrected chi connectivity index (χ2v) is 4.92. The third kappa shape index (κ3) is 3.17. The molecule has 0 aliphatic heterocycles. The van der Waals surface area contributed by atoms with Crippen LogP contribution < -0.4 is 5.73 Å². The lowest BCUT2D eigenvalue weighted by Crippen LogP contribution is -2.04. The van der Waals surface area contributed by atoms with Crippen molar-refractivity contribution in [2.45, 2.75) is 6.42 Å². The molecule has 2 aromatic rings. The van der Waals surface area contributed by atoms with Gasteiger partial charge in [-0.3, -0.25) is 4.79 Å². The van der Waals surface area contributed by atoms with E-state index in [0.717, 1.165) is 4.47 Å². The summed E-state index contributed by atoms with van der Waals surface area (Å²) in [7, 11) is 0. The van der Waals surface area contributed by atoms with Gasteiger partial charge in [0.2, 0.25) is 0 Å². The topological polar surface area (TPSA) is 43.1 Å². The van der Waals surface area contributed by atoms with E-state index in [4.69, 9.17) is 5.73 Å². The lowest BCUT2D eigenvalue weighted by atomic mass is 10.0. The fraction of sp³-hybridized carbons (Fsp3) is 0.0714. The van der Waals surface area contributed by atoms with Crippen LogP contribution in [0.4, 0.5) is 10.1 Å². The Balaban J connectivity index is 2.22. The average molecular weight is 308 g/mol. The number of hydrogen-bond donors (Lipinski definition) is 1. The van der Waals surface area contributed by atoms with Crippen molar-refractivity contribution in [2.24, 2.45) is 0 Å². The van der Waals surface area contributed by atoms with Crippen LogP contribution in [-0.2, 0) is 6.42 Å². The Hall–Kier alpha value is -1.68. The number of Topliss-reactive ketones (excluding diaryl/α,β-unsaturated/α-hetero) is 1. The van der Waals surface area contributed by atoms with E-state index in [0.29, 0.717) is 16.8 Å². The molecule has 0 bridgehead atoms. The third-order valence-corrected chi connectivity index (χ3v) is 2.95. The van der Waals surface area contributed by atoms with E-state index in [1.54, 1.807) is 30.3 Å². The smallest absolute Gasteiger partial charge is 0.167 e. The Morgan fingerprint density at radius 3 is 2.67 bits per heavy atom. The molecule has 0 atom stereocenters. The molecular weight excluding hydrogens is 297 g/mol. The first kappa shape index (κ1) is 12.8. The number of carbonyl (C=O) groups excluding carboxylic acids is 1. The van der Waals surface area contributed by atoms with Gasteiger partial charge in [0.15, 0.2) is 5.78 Å². The highest BCUT2D eigenvalue weighted by molar-refractivity contribution is 9.10. The van der Waals surface area contributed by atoms with Crippen molar-refractivity contribution < 1.29 is 9.18 Å². The average Bonchev–Trinajstić information content (AvgIpc) is 2.27. The largest absolute Gasteiger partial charge is 0.399 e. The van der Waals surface area contributed by atoms with E-state index in [9.17, 15) is 9.18 Å². The molecule has 0 unspecified atom stereocenters. The van der Waals surface area contributed by atoms with E-state index in [1.807, 2.05) is 0 Å². The number of halogens is 2. The van der Waals surface area contributed by atoms with Crippen LogP contribution in [0.5, 0.6) is 0 Å². The van der Waals surface area contributed by atoms with E-state index in [-0.39, 0.29) is 18.0 Å². The maximum Gasteiger partial charge on any atom is 0.167 e. The molecule has 0 spiro atoms. The van der Waals surface area contributed by atoms with Gasteiger partial charge in [-0.25, -0.2) is 4.39 Å². The fourth-order valence-electron chi connectivity index (χ4n) is 1.71. The van der Waals surface area contributed by atoms with Crippen LogP contribution >= 0.6 is 15.9 Å². The minimum absolute atomic E-state index is 0.0893. The Morgan fingerprint density at radius 1 is 1.22 bits per heavy atom. The summed E-state index contributed by atoms with van der Waals surface area (Å²) < 4.78 is 13.8. The van der Waals surface area contributed by atoms with Crippen LogP contribution in [0.3, 0.4) is 0 Å². The minimum atomic E-state index is -0.339. The zero-order valence-corrected chi connectivity index (χ0v) is 11.1. The van der Waals surface area contributed by atoms with Gasteiger partial charge in [0.05, 0.1) is 0 Å². The SMILES string of the molecule is Nc1cc(Br)cc(C(=O)Cc2cccc(F)c2)c1. The number of ketones is 1. The predicted molar refractivity (Wildman–Crippen MR) is 73.0 cm³/mol. The number of anilines is 1. The van der Waals surface area contributed by atoms with Gasteiger partial charge in [-0.15, -0.1) is 0 Å². The van der Waals surface area contributed by atoms with Crippen LogP contribution in [0.25, 0.3) is 0 Å². The summed E-state index contributed by atoms with van der Waals surface area (Å²) in [5.74, 6) is -0.428. The first-order valence-corrected chi connectivity index (χ1v) is 6.17. The van der Waals surface area contributed by atoms with Gasteiger partial charge in [-0.05, 0) is 35.9 Å². The van der Waals surface area contributed by atoms with Gasteiger partial charge in [-0.2, -0.15) is 0 Å². The second kappa shape index (κ2) is 5.31. The zero-order valence-electron chi connectivity index (χ0n) is 9.49. The van der Waals surface area contributed by atoms with Crippen LogP contribution in [-0.4, -0.2) is 5.78 Å². The van der Waals surface area contributed by atoms with Crippen molar-refractivity contribution in [1.29, 1.82) is 0 Å². The number of nitrogen functional groups attached to an aromatic ring is 1. The summed E-state index contributed by atoms with van der Waals surface area (Å²) in [6, 6.07) is 11.1. The van der Waals surface area contributed by atoms with Gasteiger partial charge in [0.25, 0.3) is 0 Å². The highest BCUT2D eigenvalue weighted by Gasteiger charge is 2.09. The molecule has 2 rings (SSSR count). The van der Waals surface area contributed by atoms with Crippen molar-refractivity contribution in [1.82, 2.24) is 0 Å². The van der Waals surface area contributed by atoms with Gasteiger partial charge in [-0.1, -0.05) is 28.1 Å². The molecule has 0 aliphatic rings. The summed E-state index contributed by atoms with van der Waals surface area (Å²) in [4.78, 5) is 12.0. The highest BCUT2D eigenvalue weighted by atomic mass is 79.9. The third-order valence-electron chi connectivity index (χ3n) is 2.50. The molecule has 92 valence electrons. The summed E-state index contributed by atoms with van der Waals surface area (Å²) >= 11 is 3.29. The Bertz CT molecular complexity index is 578. The molecule has 0 amide bonds. The first-order chi connectivity index (χ1) is 8.54. The van der Waals surface area contributed by atoms with E-state index in [1.165, 1.54) is 12.1 Å². The summed E-state index contributed by atoms with van der Waals surface area (Å²) in [6.45, 7) is 0. The molecule has 4 heteroatoms. The monoisotopic (exact) mass is 307 g/mol. The summed E-state index contributed by atoms with van der Waals surface area (Å²) in [5.41, 5.74) is 7.36. The van der Waals surface area contributed by atoms with Crippen molar-refractivity contribution in [2.75, 3.05) is 5.73 Å². The van der Waals surface area contributed by atoms with Gasteiger partial charge in [0.1, 0.15) is 5.82 Å². The van der Waals surface area contributed by atoms with E-state index in [2.05, 4.69) is 15.9 Å². The molecule has 18 heavy (non-hydrogen) atoms. The number of rotatable bonds is 3. The number of hydrogen-bond acceptors (Lipinski definition) is 2. The van der Waals surface area contributed by atoms with Gasteiger partial charge in [0, 0.05) is 22.1 Å². The lowest BCUT2D eigenvalue weighted by molar-refractivity contribution is 0.0993. The standard InChI is InChI=1S/C14H11BrFNO/c15-11-6-10(7-13(17)8-11)14(18)5-9-2-1-3-12(16)4-9/h1-4,6-8H,5,17H2. The van der Waals surface area contributed by atoms with Crippen molar-refractivity contribution in [3.8, 4) is 0 Å². The lowest BCUT2D eigenvalue weighted by Gasteiger charge is -2.04. The molecule has 0 saturated carbocycles. The maximum absolute atomic E-state index is 13.0. The van der Waals surface area contributed by atoms with Crippen LogP contribution in [0.2, 0.25) is 0 Å². The predicted octanol–water partition coefficient (Wildman–Crippen LogP) is 3.60. The minimum Gasteiger partial charge on any atom is -0.399 e. The van der Waals surface area contributed by atoms with Crippen LogP contribution in [0, 0.1) is 5.82 Å². The second-order valence-electron chi connectivity index (χ2n) is 4.00. The molecule has 2 nitrogen and oxygen atoms in total. The molecule has 0 saturated heterocycles. The Morgan fingerprint density at radius 2 is 2.00 bits per heavy atom. The van der Waals surface area contributed by atoms with Crippen LogP contribution in [0.15, 0.2) is 46.9 Å². The molecule has 0 heterocycles. The number of carbonyl (C=O) groups is 1. The highest BCUT2D eigenvalue weighted by Crippen LogP contribution is 2.19. The van der Waals surface area contributed by atoms with Crippen molar-refractivity contribution in [3.63, 3.8) is 0 Å². The Kier molecular flexibility index (Phi) is 3.77. The zero-order chi connectivity index (χ0) is 13.1. The Labute approximate surface area is 113 Å². The molecule has 2 aromatic carbocycles. The van der Waals surface area contributed by atoms with Gasteiger partial charge >= 0.3 is 0 Å². The van der Waals surface area contributed by atoms with E-state index < -0.39 is 0 Å². The first-order valence-electron chi connectivity index (χ1n) is 5.38. The quantitative estimate of drug-likeness (QED) is 0.695. The summed E-state index contributed by atoms with van der Waals surface area (Å²) in [6.07, 6.45) is 0.160. The number of nitrogens with two attached hydrogens (primary N) is 1. The summed E-state index contributed by atoms with van der Waals surface area (Å²) in [5, 5.41) is 0. The maximum atomic E-state index is 13.0. The molecule has 0 aromatic heterocycles. The molecule has 0 aliphatic carbocycles. The fourth-order valence-corrected chi connectivity index (χ4v) is 2.22. The molecule has 2 N–H and O–H groups in total. The molecular formula is C14H11BrFNO. The molecule has 0 radical (unpaired) electrons.